The van der Waals surface area contributed by atoms with Gasteiger partial charge in [-0.05, 0) is 30.0 Å². The summed E-state index contributed by atoms with van der Waals surface area (Å²) in [5.74, 6) is 1.74. The number of morpholine rings is 1. The van der Waals surface area contributed by atoms with Crippen molar-refractivity contribution in [3.8, 4) is 11.4 Å². The van der Waals surface area contributed by atoms with Crippen molar-refractivity contribution in [3.63, 3.8) is 0 Å². The van der Waals surface area contributed by atoms with Gasteiger partial charge >= 0.3 is 0 Å². The van der Waals surface area contributed by atoms with Crippen LogP contribution >= 0.6 is 11.3 Å². The first-order valence-corrected chi connectivity index (χ1v) is 8.41. The van der Waals surface area contributed by atoms with Crippen molar-refractivity contribution < 1.29 is 4.74 Å². The number of anilines is 1. The van der Waals surface area contributed by atoms with E-state index >= 15 is 0 Å². The van der Waals surface area contributed by atoms with Gasteiger partial charge in [0.05, 0.1) is 12.7 Å². The quantitative estimate of drug-likeness (QED) is 0.743. The Bertz CT molecular complexity index is 769. The van der Waals surface area contributed by atoms with E-state index in [4.69, 9.17) is 9.84 Å². The fraction of sp³-hybridized carbons (Fsp3) is 0.400. The molecule has 1 aliphatic heterocycles. The number of thiophene rings is 1. The predicted molar refractivity (Wildman–Crippen MR) is 86.3 cm³/mol. The number of ether oxygens (including phenoxy) is 1. The molecule has 22 heavy (non-hydrogen) atoms. The molecule has 6 nitrogen and oxygen atoms in total. The van der Waals surface area contributed by atoms with Gasteiger partial charge in [0, 0.05) is 24.0 Å². The number of fused-ring (bicyclic) bond motifs is 1. The average molecular weight is 315 g/mol. The van der Waals surface area contributed by atoms with Gasteiger partial charge in [-0.15, -0.1) is 15.3 Å². The summed E-state index contributed by atoms with van der Waals surface area (Å²) < 4.78 is 7.56. The van der Waals surface area contributed by atoms with Crippen LogP contribution in [0.4, 0.5) is 5.82 Å². The molecule has 1 aliphatic rings. The number of hydrogen-bond acceptors (Lipinski definition) is 6. The first-order chi connectivity index (χ1) is 10.8. The first-order valence-electron chi connectivity index (χ1n) is 7.46. The lowest BCUT2D eigenvalue weighted by molar-refractivity contribution is 0.0381. The van der Waals surface area contributed by atoms with Gasteiger partial charge in [-0.2, -0.15) is 15.9 Å². The van der Waals surface area contributed by atoms with Gasteiger partial charge in [0.2, 0.25) is 0 Å². The molecule has 4 heterocycles. The molecule has 0 aromatic carbocycles. The van der Waals surface area contributed by atoms with E-state index in [1.54, 1.807) is 11.3 Å². The minimum atomic E-state index is 0.281. The van der Waals surface area contributed by atoms with Gasteiger partial charge in [0.1, 0.15) is 5.82 Å². The zero-order valence-electron chi connectivity index (χ0n) is 12.3. The molecule has 114 valence electrons. The predicted octanol–water partition coefficient (Wildman–Crippen LogP) is 2.47. The highest BCUT2D eigenvalue weighted by molar-refractivity contribution is 7.08. The molecule has 1 saturated heterocycles. The molecule has 0 amide bonds. The maximum Gasteiger partial charge on any atom is 0.186 e. The molecule has 0 spiro atoms. The second-order valence-electron chi connectivity index (χ2n) is 5.34. The Kier molecular flexibility index (Phi) is 3.51. The molecular formula is C15H17N5OS. The zero-order chi connectivity index (χ0) is 14.9. The summed E-state index contributed by atoms with van der Waals surface area (Å²) in [6, 6.07) is 6.03. The van der Waals surface area contributed by atoms with Gasteiger partial charge in [0.15, 0.2) is 11.5 Å². The third-order valence-electron chi connectivity index (χ3n) is 3.95. The summed E-state index contributed by atoms with van der Waals surface area (Å²) in [7, 11) is 0. The van der Waals surface area contributed by atoms with E-state index in [2.05, 4.69) is 27.4 Å². The van der Waals surface area contributed by atoms with E-state index in [0.29, 0.717) is 0 Å². The van der Waals surface area contributed by atoms with Crippen LogP contribution in [0.1, 0.15) is 13.3 Å². The Morgan fingerprint density at radius 2 is 2.27 bits per heavy atom. The highest BCUT2D eigenvalue weighted by atomic mass is 32.1. The molecular weight excluding hydrogens is 298 g/mol. The Balaban J connectivity index is 1.72. The molecule has 4 rings (SSSR count). The normalized spacial score (nSPS) is 19.0. The number of nitrogens with zero attached hydrogens (tertiary/aromatic N) is 5. The maximum atomic E-state index is 5.73. The second kappa shape index (κ2) is 5.66. The van der Waals surface area contributed by atoms with Crippen LogP contribution in [0.15, 0.2) is 29.0 Å². The molecule has 1 fully saturated rings. The van der Waals surface area contributed by atoms with E-state index in [0.717, 1.165) is 49.0 Å². The SMILES string of the molecule is CCC1CN(c2ccc3nnc(-c4ccsc4)n3n2)CCO1. The van der Waals surface area contributed by atoms with Crippen molar-refractivity contribution >= 4 is 22.8 Å². The van der Waals surface area contributed by atoms with Crippen molar-refractivity contribution in [2.45, 2.75) is 19.4 Å². The number of rotatable bonds is 3. The van der Waals surface area contributed by atoms with Crippen LogP contribution in [0, 0.1) is 0 Å². The molecule has 0 N–H and O–H groups in total. The zero-order valence-corrected chi connectivity index (χ0v) is 13.2. The van der Waals surface area contributed by atoms with E-state index in [1.807, 2.05) is 28.1 Å². The van der Waals surface area contributed by atoms with Crippen molar-refractivity contribution in [1.82, 2.24) is 19.8 Å². The minimum Gasteiger partial charge on any atom is -0.375 e. The summed E-state index contributed by atoms with van der Waals surface area (Å²) in [5.41, 5.74) is 1.82. The fourth-order valence-electron chi connectivity index (χ4n) is 2.69. The van der Waals surface area contributed by atoms with Gasteiger partial charge in [-0.3, -0.25) is 0 Å². The lowest BCUT2D eigenvalue weighted by atomic mass is 10.2. The van der Waals surface area contributed by atoms with E-state index in [1.165, 1.54) is 0 Å². The average Bonchev–Trinajstić information content (AvgIpc) is 3.23. The molecule has 3 aromatic rings. The molecule has 0 bridgehead atoms. The standard InChI is InChI=1S/C15H17N5OS/c1-2-12-9-19(6-7-21-12)14-4-3-13-16-17-15(20(13)18-14)11-5-8-22-10-11/h3-5,8,10,12H,2,6-7,9H2,1H3. The van der Waals surface area contributed by atoms with Crippen molar-refractivity contribution in [1.29, 1.82) is 0 Å². The summed E-state index contributed by atoms with van der Waals surface area (Å²) in [5, 5.41) is 17.3. The second-order valence-corrected chi connectivity index (χ2v) is 6.12. The molecule has 0 aliphatic carbocycles. The Morgan fingerprint density at radius 1 is 1.32 bits per heavy atom. The Morgan fingerprint density at radius 3 is 3.09 bits per heavy atom. The lowest BCUT2D eigenvalue weighted by Crippen LogP contribution is -2.42. The molecule has 0 radical (unpaired) electrons. The summed E-state index contributed by atoms with van der Waals surface area (Å²) in [6.07, 6.45) is 1.30. The molecule has 1 unspecified atom stereocenters. The highest BCUT2D eigenvalue weighted by Crippen LogP contribution is 2.22. The van der Waals surface area contributed by atoms with Crippen molar-refractivity contribution in [2.24, 2.45) is 0 Å². The molecule has 3 aromatic heterocycles. The van der Waals surface area contributed by atoms with Crippen LogP contribution in [-0.2, 0) is 4.74 Å². The van der Waals surface area contributed by atoms with Crippen molar-refractivity contribution in [3.05, 3.63) is 29.0 Å². The highest BCUT2D eigenvalue weighted by Gasteiger charge is 2.21. The Labute approximate surface area is 132 Å². The van der Waals surface area contributed by atoms with Crippen LogP contribution in [0.3, 0.4) is 0 Å². The molecule has 0 saturated carbocycles. The maximum absolute atomic E-state index is 5.73. The van der Waals surface area contributed by atoms with E-state index in [-0.39, 0.29) is 6.10 Å². The van der Waals surface area contributed by atoms with Crippen molar-refractivity contribution in [2.75, 3.05) is 24.6 Å². The molecule has 7 heteroatoms. The Hall–Kier alpha value is -1.99. The van der Waals surface area contributed by atoms with E-state index < -0.39 is 0 Å². The third-order valence-corrected chi connectivity index (χ3v) is 4.63. The van der Waals surface area contributed by atoms with Gasteiger partial charge in [-0.1, -0.05) is 6.92 Å². The summed E-state index contributed by atoms with van der Waals surface area (Å²) in [6.45, 7) is 4.65. The number of aromatic nitrogens is 4. The van der Waals surface area contributed by atoms with Crippen LogP contribution in [0.25, 0.3) is 17.0 Å². The van der Waals surface area contributed by atoms with Crippen LogP contribution in [0.2, 0.25) is 0 Å². The number of hydrogen-bond donors (Lipinski definition) is 0. The lowest BCUT2D eigenvalue weighted by Gasteiger charge is -2.33. The molecule has 1 atom stereocenters. The van der Waals surface area contributed by atoms with Gasteiger partial charge in [0.25, 0.3) is 0 Å². The fourth-order valence-corrected chi connectivity index (χ4v) is 3.33. The largest absolute Gasteiger partial charge is 0.375 e. The van der Waals surface area contributed by atoms with E-state index in [9.17, 15) is 0 Å². The third kappa shape index (κ3) is 2.36. The van der Waals surface area contributed by atoms with Crippen LogP contribution < -0.4 is 4.90 Å². The van der Waals surface area contributed by atoms with Gasteiger partial charge in [-0.25, -0.2) is 0 Å². The summed E-state index contributed by atoms with van der Waals surface area (Å²) in [4.78, 5) is 2.27. The van der Waals surface area contributed by atoms with Gasteiger partial charge < -0.3 is 9.64 Å². The summed E-state index contributed by atoms with van der Waals surface area (Å²) >= 11 is 1.65. The topological polar surface area (TPSA) is 55.6 Å². The minimum absolute atomic E-state index is 0.281. The van der Waals surface area contributed by atoms with Crippen LogP contribution in [0.5, 0.6) is 0 Å². The van der Waals surface area contributed by atoms with Crippen LogP contribution in [-0.4, -0.2) is 45.6 Å². The monoisotopic (exact) mass is 315 g/mol. The first kappa shape index (κ1) is 13.7. The smallest absolute Gasteiger partial charge is 0.186 e.